The number of carboxylic acids is 1. The maximum atomic E-state index is 12.4. The second-order valence-electron chi connectivity index (χ2n) is 5.09. The molecule has 1 aliphatic rings. The van der Waals surface area contributed by atoms with Crippen molar-refractivity contribution in [3.8, 4) is 0 Å². The van der Waals surface area contributed by atoms with Crippen LogP contribution in [0.1, 0.15) is 25.3 Å². The molecule has 1 aromatic rings. The van der Waals surface area contributed by atoms with Crippen LogP contribution in [-0.2, 0) is 20.9 Å². The number of aliphatic carboxylic acids is 1. The van der Waals surface area contributed by atoms with Crippen LogP contribution in [0.4, 0.5) is 0 Å². The van der Waals surface area contributed by atoms with Gasteiger partial charge in [-0.1, -0.05) is 30.3 Å². The summed E-state index contributed by atoms with van der Waals surface area (Å²) in [6.07, 6.45) is 1.05. The van der Waals surface area contributed by atoms with E-state index in [0.29, 0.717) is 13.0 Å². The van der Waals surface area contributed by atoms with Gasteiger partial charge < -0.3 is 14.7 Å². The fraction of sp³-hybridized carbons (Fsp3) is 0.467. The van der Waals surface area contributed by atoms with Gasteiger partial charge in [-0.25, -0.2) is 0 Å². The predicted molar refractivity (Wildman–Crippen MR) is 73.1 cm³/mol. The van der Waals surface area contributed by atoms with Gasteiger partial charge in [-0.15, -0.1) is 0 Å². The molecule has 1 heterocycles. The van der Waals surface area contributed by atoms with Crippen LogP contribution in [0.2, 0.25) is 0 Å². The summed E-state index contributed by atoms with van der Waals surface area (Å²) < 4.78 is 5.54. The third kappa shape index (κ3) is 3.81. The number of benzene rings is 1. The molecular weight excluding hydrogens is 258 g/mol. The first-order valence-electron chi connectivity index (χ1n) is 6.76. The average Bonchev–Trinajstić information content (AvgIpc) is 2.84. The number of carboxylic acid groups (broad SMARTS) is 1. The molecule has 2 rings (SSSR count). The Bertz CT molecular complexity index is 474. The second-order valence-corrected chi connectivity index (χ2v) is 5.09. The first-order valence-corrected chi connectivity index (χ1v) is 6.76. The molecule has 0 aliphatic carbocycles. The van der Waals surface area contributed by atoms with E-state index in [1.54, 1.807) is 0 Å². The van der Waals surface area contributed by atoms with E-state index >= 15 is 0 Å². The lowest BCUT2D eigenvalue weighted by Gasteiger charge is -2.24. The van der Waals surface area contributed by atoms with Gasteiger partial charge in [-0.3, -0.25) is 9.59 Å². The van der Waals surface area contributed by atoms with E-state index in [1.165, 1.54) is 4.90 Å². The molecule has 20 heavy (non-hydrogen) atoms. The molecule has 0 bridgehead atoms. The van der Waals surface area contributed by atoms with Crippen molar-refractivity contribution < 1.29 is 19.4 Å². The fourth-order valence-electron chi connectivity index (χ4n) is 2.37. The molecule has 1 fully saturated rings. The molecule has 1 aromatic carbocycles. The molecule has 1 aliphatic heterocycles. The van der Waals surface area contributed by atoms with Crippen molar-refractivity contribution in [2.24, 2.45) is 0 Å². The number of nitrogens with zero attached hydrogens (tertiary/aromatic N) is 1. The van der Waals surface area contributed by atoms with Crippen molar-refractivity contribution in [2.45, 2.75) is 38.5 Å². The number of carbonyl (C=O) groups is 2. The zero-order valence-corrected chi connectivity index (χ0v) is 11.5. The molecule has 1 N–H and O–H groups in total. The van der Waals surface area contributed by atoms with Crippen molar-refractivity contribution in [3.63, 3.8) is 0 Å². The second kappa shape index (κ2) is 6.52. The maximum Gasteiger partial charge on any atom is 0.323 e. The number of hydrogen-bond acceptors (Lipinski definition) is 3. The lowest BCUT2D eigenvalue weighted by atomic mass is 10.1. The molecule has 1 saturated heterocycles. The van der Waals surface area contributed by atoms with E-state index < -0.39 is 12.1 Å². The molecule has 0 saturated carbocycles. The SMILES string of the molecule is CC1CCC(C(=O)N(CC(=O)O)Cc2ccccc2)O1. The highest BCUT2D eigenvalue weighted by Crippen LogP contribution is 2.21. The molecule has 2 atom stereocenters. The molecular formula is C15H19NO4. The number of amides is 1. The molecule has 108 valence electrons. The normalized spacial score (nSPS) is 21.6. The van der Waals surface area contributed by atoms with Crippen LogP contribution in [0, 0.1) is 0 Å². The number of ether oxygens (including phenoxy) is 1. The van der Waals surface area contributed by atoms with Crippen LogP contribution < -0.4 is 0 Å². The Balaban J connectivity index is 2.06. The zero-order chi connectivity index (χ0) is 14.5. The van der Waals surface area contributed by atoms with Crippen molar-refractivity contribution in [3.05, 3.63) is 35.9 Å². The first kappa shape index (κ1) is 14.5. The van der Waals surface area contributed by atoms with Gasteiger partial charge in [0.05, 0.1) is 6.10 Å². The molecule has 1 amide bonds. The summed E-state index contributed by atoms with van der Waals surface area (Å²) in [6.45, 7) is 1.91. The minimum absolute atomic E-state index is 0.0624. The van der Waals surface area contributed by atoms with Gasteiger partial charge in [-0.05, 0) is 25.3 Å². The van der Waals surface area contributed by atoms with E-state index in [-0.39, 0.29) is 18.6 Å². The summed E-state index contributed by atoms with van der Waals surface area (Å²) in [4.78, 5) is 24.7. The Morgan fingerprint density at radius 3 is 2.55 bits per heavy atom. The third-order valence-corrected chi connectivity index (χ3v) is 3.36. The third-order valence-electron chi connectivity index (χ3n) is 3.36. The Labute approximate surface area is 118 Å². The Morgan fingerprint density at radius 1 is 1.30 bits per heavy atom. The monoisotopic (exact) mass is 277 g/mol. The van der Waals surface area contributed by atoms with Crippen LogP contribution in [0.15, 0.2) is 30.3 Å². The average molecular weight is 277 g/mol. The van der Waals surface area contributed by atoms with E-state index in [4.69, 9.17) is 9.84 Å². The summed E-state index contributed by atoms with van der Waals surface area (Å²) in [5.74, 6) is -1.25. The highest BCUT2D eigenvalue weighted by atomic mass is 16.5. The fourth-order valence-corrected chi connectivity index (χ4v) is 2.37. The Morgan fingerprint density at radius 2 is 2.00 bits per heavy atom. The Kier molecular flexibility index (Phi) is 4.74. The quantitative estimate of drug-likeness (QED) is 0.889. The number of rotatable bonds is 5. The summed E-state index contributed by atoms with van der Waals surface area (Å²) in [5.41, 5.74) is 0.910. The van der Waals surface area contributed by atoms with Crippen molar-refractivity contribution in [2.75, 3.05) is 6.54 Å². The largest absolute Gasteiger partial charge is 0.480 e. The summed E-state index contributed by atoms with van der Waals surface area (Å²) in [7, 11) is 0. The van der Waals surface area contributed by atoms with Crippen LogP contribution >= 0.6 is 0 Å². The van der Waals surface area contributed by atoms with Crippen LogP contribution in [0.5, 0.6) is 0 Å². The lowest BCUT2D eigenvalue weighted by Crippen LogP contribution is -2.41. The number of hydrogen-bond donors (Lipinski definition) is 1. The van der Waals surface area contributed by atoms with Crippen molar-refractivity contribution in [1.82, 2.24) is 4.90 Å². The maximum absolute atomic E-state index is 12.4. The molecule has 5 heteroatoms. The highest BCUT2D eigenvalue weighted by Gasteiger charge is 2.32. The molecule has 0 aromatic heterocycles. The van der Waals surface area contributed by atoms with Gasteiger partial charge in [0.1, 0.15) is 12.6 Å². The van der Waals surface area contributed by atoms with Crippen molar-refractivity contribution in [1.29, 1.82) is 0 Å². The smallest absolute Gasteiger partial charge is 0.323 e. The minimum Gasteiger partial charge on any atom is -0.480 e. The zero-order valence-electron chi connectivity index (χ0n) is 11.5. The van der Waals surface area contributed by atoms with E-state index in [9.17, 15) is 9.59 Å². The summed E-state index contributed by atoms with van der Waals surface area (Å²) in [5, 5.41) is 8.97. The molecule has 0 radical (unpaired) electrons. The molecule has 5 nitrogen and oxygen atoms in total. The predicted octanol–water partition coefficient (Wildman–Crippen LogP) is 1.67. The van der Waals surface area contributed by atoms with E-state index in [0.717, 1.165) is 12.0 Å². The van der Waals surface area contributed by atoms with Crippen LogP contribution in [0.25, 0.3) is 0 Å². The summed E-state index contributed by atoms with van der Waals surface area (Å²) >= 11 is 0. The molecule has 0 spiro atoms. The van der Waals surface area contributed by atoms with Gasteiger partial charge >= 0.3 is 5.97 Å². The minimum atomic E-state index is -1.01. The summed E-state index contributed by atoms with van der Waals surface area (Å²) in [6, 6.07) is 9.37. The number of carbonyl (C=O) groups excluding carboxylic acids is 1. The van der Waals surface area contributed by atoms with E-state index in [1.807, 2.05) is 37.3 Å². The van der Waals surface area contributed by atoms with Gasteiger partial charge in [0.15, 0.2) is 0 Å². The lowest BCUT2D eigenvalue weighted by molar-refractivity contribution is -0.150. The topological polar surface area (TPSA) is 66.8 Å². The van der Waals surface area contributed by atoms with Crippen LogP contribution in [-0.4, -0.2) is 40.6 Å². The van der Waals surface area contributed by atoms with E-state index in [2.05, 4.69) is 0 Å². The first-order chi connectivity index (χ1) is 9.56. The van der Waals surface area contributed by atoms with Crippen LogP contribution in [0.3, 0.4) is 0 Å². The Hall–Kier alpha value is -1.88. The molecule has 2 unspecified atom stereocenters. The van der Waals surface area contributed by atoms with Gasteiger partial charge in [0.25, 0.3) is 5.91 Å². The van der Waals surface area contributed by atoms with Gasteiger partial charge in [0.2, 0.25) is 0 Å². The van der Waals surface area contributed by atoms with Gasteiger partial charge in [-0.2, -0.15) is 0 Å². The standard InChI is InChI=1S/C15H19NO4/c1-11-7-8-13(20-11)15(19)16(10-14(17)18)9-12-5-3-2-4-6-12/h2-6,11,13H,7-10H2,1H3,(H,17,18). The highest BCUT2D eigenvalue weighted by molar-refractivity contribution is 5.84. The van der Waals surface area contributed by atoms with Crippen molar-refractivity contribution >= 4 is 11.9 Å². The van der Waals surface area contributed by atoms with Gasteiger partial charge in [0, 0.05) is 6.54 Å².